The van der Waals surface area contributed by atoms with Crippen molar-refractivity contribution in [3.63, 3.8) is 0 Å². The Morgan fingerprint density at radius 3 is 2.47 bits per heavy atom. The van der Waals surface area contributed by atoms with E-state index in [0.29, 0.717) is 6.04 Å². The summed E-state index contributed by atoms with van der Waals surface area (Å²) >= 11 is 0. The zero-order valence-electron chi connectivity index (χ0n) is 12.2. The normalized spacial score (nSPS) is 23.2. The minimum Gasteiger partial charge on any atom is -0.352 e. The molecule has 3 N–H and O–H groups in total. The molecule has 2 unspecified atom stereocenters. The number of hydrogen-bond acceptors (Lipinski definition) is 3. The number of carbonyl (C=O) groups is 2. The van der Waals surface area contributed by atoms with Gasteiger partial charge in [0.15, 0.2) is 0 Å². The maximum atomic E-state index is 11.7. The van der Waals surface area contributed by atoms with Gasteiger partial charge >= 0.3 is 0 Å². The fourth-order valence-electron chi connectivity index (χ4n) is 1.97. The molecule has 2 atom stereocenters. The molecule has 0 aliphatic carbocycles. The largest absolute Gasteiger partial charge is 0.352 e. The molecule has 1 rings (SSSR count). The van der Waals surface area contributed by atoms with Gasteiger partial charge in [-0.25, -0.2) is 0 Å². The summed E-state index contributed by atoms with van der Waals surface area (Å²) in [5.74, 6) is -0.206. The molecule has 1 saturated heterocycles. The van der Waals surface area contributed by atoms with Crippen LogP contribution in [0.2, 0.25) is 0 Å². The van der Waals surface area contributed by atoms with Gasteiger partial charge in [-0.05, 0) is 26.3 Å². The molecule has 5 nitrogen and oxygen atoms in total. The molecule has 0 bridgehead atoms. The van der Waals surface area contributed by atoms with Gasteiger partial charge in [0.1, 0.15) is 0 Å². The van der Waals surface area contributed by atoms with Gasteiger partial charge in [-0.1, -0.05) is 20.8 Å². The Labute approximate surface area is 121 Å². The molecule has 0 aromatic rings. The standard InChI is InChI=1S/C13H25N3O2.ClH/c1-9-7-10(5-6-14-9)16-11(17)8-15-12(18)13(2,3)4;/h9-10,14H,5-8H2,1-4H3,(H,15,18)(H,16,17);1H. The lowest BCUT2D eigenvalue weighted by Gasteiger charge is -2.28. The third-order valence-electron chi connectivity index (χ3n) is 3.08. The molecule has 2 amide bonds. The molecule has 0 spiro atoms. The van der Waals surface area contributed by atoms with Gasteiger partial charge in [0.25, 0.3) is 0 Å². The molecule has 0 radical (unpaired) electrons. The van der Waals surface area contributed by atoms with Crippen LogP contribution in [0.15, 0.2) is 0 Å². The first-order chi connectivity index (χ1) is 8.29. The summed E-state index contributed by atoms with van der Waals surface area (Å²) in [5.41, 5.74) is -0.455. The summed E-state index contributed by atoms with van der Waals surface area (Å²) in [6.07, 6.45) is 1.89. The molecule has 1 aliphatic rings. The Hall–Kier alpha value is -0.810. The van der Waals surface area contributed by atoms with Crippen LogP contribution < -0.4 is 16.0 Å². The van der Waals surface area contributed by atoms with Crippen LogP contribution in [-0.4, -0.2) is 37.0 Å². The van der Waals surface area contributed by atoms with Crippen LogP contribution in [0.1, 0.15) is 40.5 Å². The van der Waals surface area contributed by atoms with E-state index in [1.165, 1.54) is 0 Å². The van der Waals surface area contributed by atoms with Crippen LogP contribution in [0, 0.1) is 5.41 Å². The van der Waals surface area contributed by atoms with Crippen LogP contribution in [0.25, 0.3) is 0 Å². The lowest BCUT2D eigenvalue weighted by Crippen LogP contribution is -2.49. The van der Waals surface area contributed by atoms with Gasteiger partial charge in [0.2, 0.25) is 11.8 Å². The molecular formula is C13H26ClN3O2. The van der Waals surface area contributed by atoms with Gasteiger partial charge in [0.05, 0.1) is 6.54 Å². The predicted octanol–water partition coefficient (Wildman–Crippen LogP) is 0.827. The molecule has 1 fully saturated rings. The maximum absolute atomic E-state index is 11.7. The van der Waals surface area contributed by atoms with Crippen LogP contribution >= 0.6 is 12.4 Å². The first-order valence-electron chi connectivity index (χ1n) is 6.60. The number of halogens is 1. The van der Waals surface area contributed by atoms with E-state index in [-0.39, 0.29) is 36.8 Å². The van der Waals surface area contributed by atoms with Crippen molar-refractivity contribution in [1.29, 1.82) is 0 Å². The quantitative estimate of drug-likeness (QED) is 0.721. The molecule has 19 heavy (non-hydrogen) atoms. The van der Waals surface area contributed by atoms with E-state index >= 15 is 0 Å². The average Bonchev–Trinajstić information content (AvgIpc) is 2.24. The van der Waals surface area contributed by atoms with Crippen LogP contribution in [-0.2, 0) is 9.59 Å². The molecule has 0 aromatic carbocycles. The lowest BCUT2D eigenvalue weighted by atomic mass is 9.96. The topological polar surface area (TPSA) is 70.2 Å². The number of hydrogen-bond donors (Lipinski definition) is 3. The summed E-state index contributed by atoms with van der Waals surface area (Å²) in [4.78, 5) is 23.3. The van der Waals surface area contributed by atoms with Crippen molar-refractivity contribution >= 4 is 24.2 Å². The highest BCUT2D eigenvalue weighted by Crippen LogP contribution is 2.12. The molecule has 6 heteroatoms. The lowest BCUT2D eigenvalue weighted by molar-refractivity contribution is -0.131. The predicted molar refractivity (Wildman–Crippen MR) is 78.3 cm³/mol. The highest BCUT2D eigenvalue weighted by Gasteiger charge is 2.23. The zero-order chi connectivity index (χ0) is 13.8. The van der Waals surface area contributed by atoms with E-state index in [9.17, 15) is 9.59 Å². The minimum absolute atomic E-state index is 0. The second kappa shape index (κ2) is 7.70. The molecule has 0 saturated carbocycles. The second-order valence-corrected chi connectivity index (χ2v) is 6.08. The Morgan fingerprint density at radius 2 is 1.95 bits per heavy atom. The maximum Gasteiger partial charge on any atom is 0.239 e. The summed E-state index contributed by atoms with van der Waals surface area (Å²) in [7, 11) is 0. The Bertz CT molecular complexity index is 316. The average molecular weight is 292 g/mol. The van der Waals surface area contributed by atoms with Crippen molar-refractivity contribution in [2.45, 2.75) is 52.6 Å². The van der Waals surface area contributed by atoms with Crippen LogP contribution in [0.5, 0.6) is 0 Å². The Morgan fingerprint density at radius 1 is 1.32 bits per heavy atom. The van der Waals surface area contributed by atoms with E-state index in [4.69, 9.17) is 0 Å². The number of carbonyl (C=O) groups excluding carboxylic acids is 2. The number of nitrogens with one attached hydrogen (secondary N) is 3. The van der Waals surface area contributed by atoms with E-state index < -0.39 is 5.41 Å². The fraction of sp³-hybridized carbons (Fsp3) is 0.846. The van der Waals surface area contributed by atoms with Crippen LogP contribution in [0.3, 0.4) is 0 Å². The van der Waals surface area contributed by atoms with E-state index in [1.807, 2.05) is 20.8 Å². The highest BCUT2D eigenvalue weighted by atomic mass is 35.5. The number of amides is 2. The summed E-state index contributed by atoms with van der Waals surface area (Å²) in [6, 6.07) is 0.661. The molecule has 1 heterocycles. The first-order valence-corrected chi connectivity index (χ1v) is 6.60. The van der Waals surface area contributed by atoms with Gasteiger partial charge in [-0.2, -0.15) is 0 Å². The summed E-state index contributed by atoms with van der Waals surface area (Å²) < 4.78 is 0. The second-order valence-electron chi connectivity index (χ2n) is 6.08. The highest BCUT2D eigenvalue weighted by molar-refractivity contribution is 5.87. The van der Waals surface area contributed by atoms with Crippen molar-refractivity contribution in [3.05, 3.63) is 0 Å². The third-order valence-corrected chi connectivity index (χ3v) is 3.08. The van der Waals surface area contributed by atoms with E-state index in [2.05, 4.69) is 22.9 Å². The van der Waals surface area contributed by atoms with E-state index in [0.717, 1.165) is 19.4 Å². The Balaban J connectivity index is 0.00000324. The molecule has 112 valence electrons. The Kier molecular flexibility index (Phi) is 7.37. The minimum atomic E-state index is -0.455. The summed E-state index contributed by atoms with van der Waals surface area (Å²) in [6.45, 7) is 8.59. The van der Waals surface area contributed by atoms with Gasteiger partial charge < -0.3 is 16.0 Å². The monoisotopic (exact) mass is 291 g/mol. The van der Waals surface area contributed by atoms with Gasteiger partial charge in [0, 0.05) is 17.5 Å². The van der Waals surface area contributed by atoms with Gasteiger partial charge in [-0.15, -0.1) is 12.4 Å². The number of rotatable bonds is 3. The van der Waals surface area contributed by atoms with Crippen LogP contribution in [0.4, 0.5) is 0 Å². The molecular weight excluding hydrogens is 266 g/mol. The molecule has 1 aliphatic heterocycles. The van der Waals surface area contributed by atoms with E-state index in [1.54, 1.807) is 0 Å². The number of piperidine rings is 1. The van der Waals surface area contributed by atoms with Crippen molar-refractivity contribution in [2.24, 2.45) is 5.41 Å². The van der Waals surface area contributed by atoms with Crippen molar-refractivity contribution in [2.75, 3.05) is 13.1 Å². The van der Waals surface area contributed by atoms with Crippen molar-refractivity contribution in [3.8, 4) is 0 Å². The summed E-state index contributed by atoms with van der Waals surface area (Å²) in [5, 5.41) is 8.95. The first kappa shape index (κ1) is 18.2. The SMILES string of the molecule is CC1CC(NC(=O)CNC(=O)C(C)(C)C)CCN1.Cl. The smallest absolute Gasteiger partial charge is 0.239 e. The van der Waals surface area contributed by atoms with Crippen molar-refractivity contribution in [1.82, 2.24) is 16.0 Å². The van der Waals surface area contributed by atoms with Gasteiger partial charge in [-0.3, -0.25) is 9.59 Å². The third kappa shape index (κ3) is 6.78. The zero-order valence-corrected chi connectivity index (χ0v) is 13.0. The van der Waals surface area contributed by atoms with Crippen molar-refractivity contribution < 1.29 is 9.59 Å². The fourth-order valence-corrected chi connectivity index (χ4v) is 1.97. The molecule has 0 aromatic heterocycles.